The predicted molar refractivity (Wildman–Crippen MR) is 486 cm³/mol. The predicted octanol–water partition coefficient (Wildman–Crippen LogP) is 25.1. The maximum atomic E-state index is 13.6. The number of aliphatic hydroxyl groups is 6. The topological polar surface area (TPSA) is 271 Å². The summed E-state index contributed by atoms with van der Waals surface area (Å²) in [7, 11) is 0. The number of carbonyl (C=O) groups excluding carboxylic acids is 5. The number of pyridine rings is 5. The number of para-hydroxylation sites is 5. The molecule has 0 aliphatic heterocycles. The Morgan fingerprint density at radius 2 is 0.677 bits per heavy atom. The average molecular weight is 2640 g/mol. The van der Waals surface area contributed by atoms with Gasteiger partial charge in [0.15, 0.2) is 28.9 Å². The monoisotopic (exact) mass is 2650 g/mol. The molecule has 10 aromatic carbocycles. The zero-order valence-corrected chi connectivity index (χ0v) is 84.5. The first-order chi connectivity index (χ1) is 59.5. The van der Waals surface area contributed by atoms with E-state index in [0.29, 0.717) is 17.0 Å². The van der Waals surface area contributed by atoms with Crippen molar-refractivity contribution < 1.29 is 177 Å². The number of aryl methyl sites for hydroxylation is 2. The molecule has 685 valence electrons. The molecule has 15 aromatic rings. The van der Waals surface area contributed by atoms with Crippen molar-refractivity contribution in [3.8, 4) is 56.3 Å². The molecule has 130 heavy (non-hydrogen) atoms. The van der Waals surface area contributed by atoms with Gasteiger partial charge in [0.2, 0.25) is 0 Å². The summed E-state index contributed by atoms with van der Waals surface area (Å²) in [5.41, 5.74) is 14.8. The smallest absolute Gasteiger partial charge is 0.381 e. The van der Waals surface area contributed by atoms with Crippen molar-refractivity contribution in [2.24, 2.45) is 0 Å². The summed E-state index contributed by atoms with van der Waals surface area (Å²) in [6.45, 7) is 18.5. The van der Waals surface area contributed by atoms with Crippen LogP contribution in [-0.4, -0.2) is 84.5 Å². The van der Waals surface area contributed by atoms with Crippen molar-refractivity contribution >= 4 is 83.4 Å². The van der Waals surface area contributed by atoms with Gasteiger partial charge in [-0.25, -0.2) is 0 Å². The quantitative estimate of drug-likeness (QED) is 0.0304. The number of nitrogens with zero attached hydrogens (tertiary/aromatic N) is 5. The Kier molecular flexibility index (Phi) is 53.7. The number of aliphatic hydroxyl groups excluding tert-OH is 6. The van der Waals surface area contributed by atoms with E-state index in [9.17, 15) is 51.0 Å². The van der Waals surface area contributed by atoms with Gasteiger partial charge in [-0.3, -0.25) is 57.7 Å². The van der Waals surface area contributed by atoms with Crippen LogP contribution in [-0.2, 0) is 137 Å². The van der Waals surface area contributed by atoms with E-state index in [2.05, 4.69) is 112 Å². The van der Waals surface area contributed by atoms with Gasteiger partial charge >= 0.3 is 6.18 Å². The zero-order valence-electron chi connectivity index (χ0n) is 72.5. The Balaban J connectivity index is 0.000000739. The van der Waals surface area contributed by atoms with E-state index < -0.39 is 23.4 Å². The molecule has 6 N–H and O–H groups in total. The molecule has 26 heteroatoms. The van der Waals surface area contributed by atoms with E-state index in [0.717, 1.165) is 107 Å². The summed E-state index contributed by atoms with van der Waals surface area (Å²) >= 11 is 0. The summed E-state index contributed by atoms with van der Waals surface area (Å²) in [5, 5.41) is 56.6. The molecule has 15 rings (SSSR count). The van der Waals surface area contributed by atoms with Crippen LogP contribution in [0.1, 0.15) is 91.5 Å². The zero-order chi connectivity index (χ0) is 91.7. The van der Waals surface area contributed by atoms with E-state index in [4.69, 9.17) is 25.5 Å². The molecule has 0 saturated heterocycles. The largest absolute Gasteiger partial charge is 0.512 e. The van der Waals surface area contributed by atoms with Gasteiger partial charge in [0.25, 0.3) is 0 Å². The van der Waals surface area contributed by atoms with Crippen molar-refractivity contribution in [3.05, 3.63) is 390 Å². The van der Waals surface area contributed by atoms with E-state index in [1.165, 1.54) is 128 Å². The molecule has 0 spiro atoms. The summed E-state index contributed by atoms with van der Waals surface area (Å²) in [5.74, 6) is -1.61. The number of hydrogen-bond acceptors (Lipinski definition) is 16. The number of aromatic nitrogens is 5. The number of hydrogen-bond donors (Lipinski definition) is 6. The molecule has 0 atom stereocenters. The molecule has 0 saturated carbocycles. The molecule has 0 aliphatic carbocycles. The fourth-order valence-corrected chi connectivity index (χ4v) is 11.4. The van der Waals surface area contributed by atoms with Gasteiger partial charge in [-0.15, -0.1) is 149 Å². The minimum atomic E-state index is -4.34. The molecule has 0 aliphatic rings. The number of allylic oxidation sites excluding steroid dienone is 10. The van der Waals surface area contributed by atoms with Gasteiger partial charge in [0, 0.05) is 155 Å². The van der Waals surface area contributed by atoms with Gasteiger partial charge < -0.3 is 30.6 Å². The maximum Gasteiger partial charge on any atom is 0.381 e. The van der Waals surface area contributed by atoms with Gasteiger partial charge in [0.1, 0.15) is 0 Å². The molecule has 0 fully saturated rings. The number of benzene rings is 10. The third-order valence-corrected chi connectivity index (χ3v) is 16.6. The van der Waals surface area contributed by atoms with Crippen LogP contribution in [0.15, 0.2) is 326 Å². The van der Waals surface area contributed by atoms with Crippen LogP contribution < -0.4 is 0 Å². The minimum Gasteiger partial charge on any atom is -0.512 e. The van der Waals surface area contributed by atoms with Crippen molar-refractivity contribution in [2.45, 2.75) is 95.9 Å². The second kappa shape index (κ2) is 60.1. The van der Waals surface area contributed by atoms with Crippen LogP contribution >= 0.6 is 0 Å². The maximum absolute atomic E-state index is 13.6. The van der Waals surface area contributed by atoms with Gasteiger partial charge in [0.05, 0.1) is 56.4 Å². The van der Waals surface area contributed by atoms with Crippen LogP contribution in [0.5, 0.6) is 0 Å². The Bertz CT molecular complexity index is 6170. The normalized spacial score (nSPS) is 10.6. The second-order valence-corrected chi connectivity index (χ2v) is 27.6. The van der Waals surface area contributed by atoms with Crippen molar-refractivity contribution in [2.75, 3.05) is 0 Å². The molecule has 0 unspecified atom stereocenters. The first-order valence-corrected chi connectivity index (χ1v) is 38.7. The standard InChI is InChI=1S/C16H9F3N.C16H12NO.2C16H12N.C15H8F2N.5C5H8O2.5Ir/c17-16(18,19)13-8-5-12(6-9-13)15-10-7-11-3-1-2-4-14(11)20-15;18-11-13-6-1-3-7-14(13)16-10-9-12-5-2-4-8-15(12)17-16;1-12-6-2-4-8-14(12)16-11-10-13-7-3-5-9-15(13)17-16;1-12-11-16(13-7-3-2-4-8-13)17-15-10-6-5-9-14(12)15;16-11-6-7-12(13(17)9-11)15-8-5-10-3-1-2-4-14(10)18-15;5*1-4(6)3-5(2)7;;;;;/h1-5,7-10H;1-6,8-10,18H,11H2;2*2-7,9-11H,1H3;1-6,8-9H;5*3,6H,1-2H3;;;;;/q5*-1;;;;;;;;;;. The third kappa shape index (κ3) is 41.7. The average Bonchev–Trinajstić information content (AvgIpc) is 0.828. The van der Waals surface area contributed by atoms with E-state index >= 15 is 0 Å². The second-order valence-electron chi connectivity index (χ2n) is 27.6. The minimum absolute atomic E-state index is 0. The first kappa shape index (κ1) is 116. The van der Waals surface area contributed by atoms with Crippen LogP contribution in [0, 0.1) is 55.8 Å². The SMILES string of the molecule is CC(=O)C=C(C)O.CC(=O)C=C(C)O.CC(=O)C=C(C)O.CC(=O)C=C(C)O.CC(=O)C=C(C)O.Cc1cc(-c2[c-]cccc2)nc2ccccc12.Cc1ccc[c-]c1-c1ccc2ccccc2n1.FC(F)(F)c1c[c-]c(-c2ccc3ccccc3n2)cc1.Fc1c[c-]c(-c2ccc3ccccc3n2)c(F)c1.OCc1ccc[c-]c1-c1ccc2ccccc2n1.[Ir].[Ir].[Ir].[Ir].[Ir]. The number of alkyl halides is 3. The number of carbonyl (C=O) groups is 5. The Hall–Kier alpha value is -11.8. The molecule has 0 bridgehead atoms. The van der Waals surface area contributed by atoms with Crippen molar-refractivity contribution in [1.82, 2.24) is 24.9 Å². The number of halogens is 5. The van der Waals surface area contributed by atoms with E-state index in [1.54, 1.807) is 12.1 Å². The van der Waals surface area contributed by atoms with Crippen molar-refractivity contribution in [3.63, 3.8) is 0 Å². The number of ketones is 5. The summed E-state index contributed by atoms with van der Waals surface area (Å²) in [6.07, 6.45) is 1.49. The fraction of sp³-hybridized carbons (Fsp3) is 0.135. The fourth-order valence-electron chi connectivity index (χ4n) is 11.4. The van der Waals surface area contributed by atoms with E-state index in [1.807, 2.05) is 182 Å². The third-order valence-electron chi connectivity index (χ3n) is 16.6. The molecule has 5 heterocycles. The number of rotatable bonds is 11. The van der Waals surface area contributed by atoms with Crippen LogP contribution in [0.4, 0.5) is 22.0 Å². The van der Waals surface area contributed by atoms with E-state index in [-0.39, 0.29) is 170 Å². The molecule has 0 amide bonds. The van der Waals surface area contributed by atoms with Gasteiger partial charge in [-0.2, -0.15) is 13.2 Å². The van der Waals surface area contributed by atoms with Crippen LogP contribution in [0.25, 0.3) is 111 Å². The molecular formula is C104H93F5Ir5N5O11-5. The Morgan fingerprint density at radius 1 is 0.331 bits per heavy atom. The molecular weight excluding hydrogens is 2550 g/mol. The Morgan fingerprint density at radius 3 is 1.04 bits per heavy atom. The molecule has 5 radical (unpaired) electrons. The van der Waals surface area contributed by atoms with Crippen LogP contribution in [0.3, 0.4) is 0 Å². The first-order valence-electron chi connectivity index (χ1n) is 38.7. The molecule has 5 aromatic heterocycles. The Labute approximate surface area is 820 Å². The summed E-state index contributed by atoms with van der Waals surface area (Å²) < 4.78 is 63.9. The summed E-state index contributed by atoms with van der Waals surface area (Å²) in [4.78, 5) is 72.8. The molecule has 16 nitrogen and oxygen atoms in total. The van der Waals surface area contributed by atoms with Crippen molar-refractivity contribution in [1.29, 1.82) is 0 Å². The summed E-state index contributed by atoms with van der Waals surface area (Å²) in [6, 6.07) is 96.7. The van der Waals surface area contributed by atoms with Crippen LogP contribution in [0.2, 0.25) is 0 Å². The number of fused-ring (bicyclic) bond motifs is 5. The van der Waals surface area contributed by atoms with Gasteiger partial charge in [-0.05, 0) is 168 Å². The van der Waals surface area contributed by atoms with Gasteiger partial charge in [-0.1, -0.05) is 164 Å².